The number of methoxy groups -OCH3 is 2. The Labute approximate surface area is 251 Å². The molecule has 4 rings (SSSR count). The van der Waals surface area contributed by atoms with E-state index in [1.54, 1.807) is 21.1 Å². The van der Waals surface area contributed by atoms with Crippen LogP contribution in [0, 0.1) is 0 Å². The zero-order valence-electron chi connectivity index (χ0n) is 25.6. The molecule has 2 aliphatic rings. The third-order valence-electron chi connectivity index (χ3n) is 7.86. The van der Waals surface area contributed by atoms with Crippen molar-refractivity contribution in [1.29, 1.82) is 0 Å². The van der Waals surface area contributed by atoms with Crippen LogP contribution in [0.1, 0.15) is 49.7 Å². The lowest BCUT2D eigenvalue weighted by Crippen LogP contribution is -2.50. The molecule has 42 heavy (non-hydrogen) atoms. The van der Waals surface area contributed by atoms with Crippen molar-refractivity contribution in [1.82, 2.24) is 5.32 Å². The van der Waals surface area contributed by atoms with Crippen molar-refractivity contribution in [2.24, 2.45) is 0 Å². The lowest BCUT2D eigenvalue weighted by atomic mass is 9.85. The zero-order chi connectivity index (χ0) is 29.6. The Balaban J connectivity index is 1.44. The first-order chi connectivity index (χ1) is 20.6. The van der Waals surface area contributed by atoms with Gasteiger partial charge in [-0.3, -0.25) is 0 Å². The summed E-state index contributed by atoms with van der Waals surface area (Å²) in [6.45, 7) is 8.91. The number of piperidine rings is 1. The molecule has 9 nitrogen and oxygen atoms in total. The molecule has 0 spiro atoms. The van der Waals surface area contributed by atoms with E-state index < -0.39 is 6.10 Å². The van der Waals surface area contributed by atoms with Crippen LogP contribution < -0.4 is 19.7 Å². The Morgan fingerprint density at radius 3 is 2.43 bits per heavy atom. The van der Waals surface area contributed by atoms with Gasteiger partial charge >= 0.3 is 0 Å². The highest BCUT2D eigenvalue weighted by Crippen LogP contribution is 2.35. The van der Waals surface area contributed by atoms with E-state index in [1.165, 1.54) is 5.56 Å². The summed E-state index contributed by atoms with van der Waals surface area (Å²) in [6.07, 6.45) is 2.96. The Hall–Kier alpha value is -2.40. The molecule has 9 heteroatoms. The molecule has 2 aliphatic heterocycles. The molecule has 4 atom stereocenters. The molecule has 0 unspecified atom stereocenters. The zero-order valence-corrected chi connectivity index (χ0v) is 25.6. The molecule has 0 radical (unpaired) electrons. The maximum Gasteiger partial charge on any atom is 0.142 e. The largest absolute Gasteiger partial charge is 0.494 e. The van der Waals surface area contributed by atoms with Crippen molar-refractivity contribution in [3.05, 3.63) is 53.6 Å². The first-order valence-electron chi connectivity index (χ1n) is 15.4. The summed E-state index contributed by atoms with van der Waals surface area (Å²) in [6, 6.07) is 14.7. The molecular weight excluding hydrogens is 536 g/mol. The standard InChI is InChI=1S/C33H50N2O7/c1-25(36)13-19-40-31-22-34-23-32(33(31)27-8-10-28(11-9-27)39-18-5-4-16-37-2)42-24-26-7-12-30-29(21-26)35(15-20-41-30)14-6-17-38-3/h7-12,21,25,31-34,36H,4-6,13-20,22-24H2,1-3H3/t25-,31-,32+,33+/m1/s1. The number of rotatable bonds is 18. The quantitative estimate of drug-likeness (QED) is 0.250. The van der Waals surface area contributed by atoms with E-state index in [1.807, 2.05) is 12.1 Å². The van der Waals surface area contributed by atoms with Crippen LogP contribution in [-0.4, -0.2) is 96.9 Å². The molecule has 2 heterocycles. The molecule has 2 aromatic carbocycles. The van der Waals surface area contributed by atoms with Gasteiger partial charge in [0.2, 0.25) is 0 Å². The van der Waals surface area contributed by atoms with Crippen LogP contribution in [0.3, 0.4) is 0 Å². The number of ether oxygens (including phenoxy) is 6. The molecule has 0 bridgehead atoms. The van der Waals surface area contributed by atoms with E-state index >= 15 is 0 Å². The predicted octanol–water partition coefficient (Wildman–Crippen LogP) is 4.16. The van der Waals surface area contributed by atoms with Gasteiger partial charge in [0.1, 0.15) is 18.1 Å². The Morgan fingerprint density at radius 1 is 0.929 bits per heavy atom. The highest BCUT2D eigenvalue weighted by molar-refractivity contribution is 5.61. The van der Waals surface area contributed by atoms with E-state index in [4.69, 9.17) is 28.4 Å². The van der Waals surface area contributed by atoms with E-state index in [2.05, 4.69) is 40.5 Å². The summed E-state index contributed by atoms with van der Waals surface area (Å²) >= 11 is 0. The minimum absolute atomic E-state index is 0.0440. The Morgan fingerprint density at radius 2 is 1.67 bits per heavy atom. The minimum Gasteiger partial charge on any atom is -0.494 e. The fourth-order valence-electron chi connectivity index (χ4n) is 5.57. The first-order valence-corrected chi connectivity index (χ1v) is 15.4. The Bertz CT molecular complexity index is 1040. The van der Waals surface area contributed by atoms with Crippen LogP contribution in [0.15, 0.2) is 42.5 Å². The van der Waals surface area contributed by atoms with Crippen LogP contribution in [0.2, 0.25) is 0 Å². The number of benzene rings is 2. The maximum atomic E-state index is 9.78. The average molecular weight is 587 g/mol. The van der Waals surface area contributed by atoms with Crippen molar-refractivity contribution in [3.63, 3.8) is 0 Å². The fourth-order valence-corrected chi connectivity index (χ4v) is 5.57. The van der Waals surface area contributed by atoms with Gasteiger partial charge in [0.25, 0.3) is 0 Å². The van der Waals surface area contributed by atoms with E-state index in [0.717, 1.165) is 81.4 Å². The number of aliphatic hydroxyl groups is 1. The third kappa shape index (κ3) is 9.82. The normalized spacial score (nSPS) is 21.0. The van der Waals surface area contributed by atoms with Gasteiger partial charge in [-0.2, -0.15) is 0 Å². The summed E-state index contributed by atoms with van der Waals surface area (Å²) in [5.41, 5.74) is 3.40. The maximum absolute atomic E-state index is 9.78. The van der Waals surface area contributed by atoms with Crippen molar-refractivity contribution in [2.75, 3.05) is 78.3 Å². The highest BCUT2D eigenvalue weighted by atomic mass is 16.5. The molecule has 1 saturated heterocycles. The lowest BCUT2D eigenvalue weighted by Gasteiger charge is -2.39. The molecule has 0 amide bonds. The van der Waals surface area contributed by atoms with Crippen LogP contribution in [-0.2, 0) is 25.6 Å². The van der Waals surface area contributed by atoms with Gasteiger partial charge in [0.05, 0.1) is 43.8 Å². The second-order valence-electron chi connectivity index (χ2n) is 11.2. The number of fused-ring (bicyclic) bond motifs is 1. The first kappa shape index (κ1) is 32.5. The third-order valence-corrected chi connectivity index (χ3v) is 7.86. The molecule has 0 saturated carbocycles. The molecule has 0 aromatic heterocycles. The topological polar surface area (TPSA) is 90.9 Å². The molecular formula is C33H50N2O7. The van der Waals surface area contributed by atoms with Gasteiger partial charge in [-0.05, 0) is 68.0 Å². The van der Waals surface area contributed by atoms with Gasteiger partial charge in [0, 0.05) is 59.6 Å². The van der Waals surface area contributed by atoms with Gasteiger partial charge in [-0.1, -0.05) is 18.2 Å². The van der Waals surface area contributed by atoms with Crippen molar-refractivity contribution in [2.45, 2.75) is 63.4 Å². The van der Waals surface area contributed by atoms with Crippen LogP contribution >= 0.6 is 0 Å². The SMILES string of the molecule is COCCCCOc1ccc([C@@H]2[C@@H](OCc3ccc4c(c3)N(CCCOC)CCO4)CNC[C@H]2OCC[C@@H](C)O)cc1. The van der Waals surface area contributed by atoms with Gasteiger partial charge in [-0.15, -0.1) is 0 Å². The van der Waals surface area contributed by atoms with E-state index in [9.17, 15) is 5.11 Å². The molecule has 2 aromatic rings. The summed E-state index contributed by atoms with van der Waals surface area (Å²) in [4.78, 5) is 2.37. The minimum atomic E-state index is -0.394. The summed E-state index contributed by atoms with van der Waals surface area (Å²) in [7, 11) is 3.46. The highest BCUT2D eigenvalue weighted by Gasteiger charge is 2.36. The van der Waals surface area contributed by atoms with Crippen LogP contribution in [0.25, 0.3) is 0 Å². The summed E-state index contributed by atoms with van der Waals surface area (Å²) in [5.74, 6) is 1.83. The lowest BCUT2D eigenvalue weighted by molar-refractivity contribution is -0.0639. The number of unbranched alkanes of at least 4 members (excludes halogenated alkanes) is 1. The average Bonchev–Trinajstić information content (AvgIpc) is 3.00. The predicted molar refractivity (Wildman–Crippen MR) is 164 cm³/mol. The number of anilines is 1. The van der Waals surface area contributed by atoms with Crippen molar-refractivity contribution in [3.8, 4) is 11.5 Å². The number of nitrogens with one attached hydrogen (secondary N) is 1. The Kier molecular flexibility index (Phi) is 13.7. The van der Waals surface area contributed by atoms with E-state index in [0.29, 0.717) is 32.8 Å². The molecule has 2 N–H and O–H groups in total. The number of nitrogens with zero attached hydrogens (tertiary/aromatic N) is 1. The van der Waals surface area contributed by atoms with Gasteiger partial charge in [-0.25, -0.2) is 0 Å². The number of aliphatic hydroxyl groups excluding tert-OH is 1. The van der Waals surface area contributed by atoms with Crippen molar-refractivity contribution < 1.29 is 33.5 Å². The second kappa shape index (κ2) is 17.7. The summed E-state index contributed by atoms with van der Waals surface area (Å²) in [5, 5.41) is 13.3. The van der Waals surface area contributed by atoms with Gasteiger partial charge in [0.15, 0.2) is 0 Å². The summed E-state index contributed by atoms with van der Waals surface area (Å²) < 4.78 is 35.2. The van der Waals surface area contributed by atoms with Crippen molar-refractivity contribution >= 4 is 5.69 Å². The van der Waals surface area contributed by atoms with Crippen LogP contribution in [0.5, 0.6) is 11.5 Å². The smallest absolute Gasteiger partial charge is 0.142 e. The molecule has 0 aliphatic carbocycles. The fraction of sp³-hybridized carbons (Fsp3) is 0.636. The number of hydrogen-bond donors (Lipinski definition) is 2. The monoisotopic (exact) mass is 586 g/mol. The molecule has 1 fully saturated rings. The molecule has 234 valence electrons. The van der Waals surface area contributed by atoms with Gasteiger partial charge < -0.3 is 43.7 Å². The van der Waals surface area contributed by atoms with Crippen LogP contribution in [0.4, 0.5) is 5.69 Å². The van der Waals surface area contributed by atoms with E-state index in [-0.39, 0.29) is 18.1 Å². The number of hydrogen-bond acceptors (Lipinski definition) is 9. The second-order valence-corrected chi connectivity index (χ2v) is 11.2.